The molecule has 0 fully saturated rings. The van der Waals surface area contributed by atoms with Gasteiger partial charge in [0.15, 0.2) is 0 Å². The van der Waals surface area contributed by atoms with Gasteiger partial charge in [-0.3, -0.25) is 0 Å². The predicted molar refractivity (Wildman–Crippen MR) is 69.8 cm³/mol. The summed E-state index contributed by atoms with van der Waals surface area (Å²) in [6.45, 7) is 2.09. The topological polar surface area (TPSA) is 83.9 Å². The predicted octanol–water partition coefficient (Wildman–Crippen LogP) is 0.960. The fourth-order valence-electron chi connectivity index (χ4n) is 1.51. The largest absolute Gasteiger partial charge is 0.478 e. The number of nitrogens with zero attached hydrogens (tertiary/aromatic N) is 1. The molecule has 7 heteroatoms. The number of carbonyl (C=O) groups is 1. The fourth-order valence-corrected chi connectivity index (χ4v) is 2.69. The van der Waals surface area contributed by atoms with Gasteiger partial charge in [-0.2, -0.15) is 4.31 Å². The van der Waals surface area contributed by atoms with Crippen molar-refractivity contribution in [1.29, 1.82) is 0 Å². The molecular formula is C12H17NO5S. The molecule has 1 aromatic carbocycles. The highest BCUT2D eigenvalue weighted by molar-refractivity contribution is 7.89. The van der Waals surface area contributed by atoms with E-state index in [9.17, 15) is 13.2 Å². The zero-order chi connectivity index (χ0) is 14.6. The first-order valence-electron chi connectivity index (χ1n) is 5.60. The first-order chi connectivity index (χ1) is 8.80. The van der Waals surface area contributed by atoms with Gasteiger partial charge >= 0.3 is 5.97 Å². The summed E-state index contributed by atoms with van der Waals surface area (Å²) < 4.78 is 30.4. The number of carboxylic acid groups (broad SMARTS) is 1. The van der Waals surface area contributed by atoms with Gasteiger partial charge in [-0.25, -0.2) is 13.2 Å². The van der Waals surface area contributed by atoms with Crippen LogP contribution in [0.1, 0.15) is 15.9 Å². The van der Waals surface area contributed by atoms with Gasteiger partial charge in [0, 0.05) is 20.7 Å². The zero-order valence-corrected chi connectivity index (χ0v) is 11.9. The van der Waals surface area contributed by atoms with E-state index < -0.39 is 16.0 Å². The highest BCUT2D eigenvalue weighted by Gasteiger charge is 2.22. The van der Waals surface area contributed by atoms with Crippen LogP contribution >= 0.6 is 0 Å². The molecule has 0 spiro atoms. The number of ether oxygens (including phenoxy) is 1. The zero-order valence-electron chi connectivity index (χ0n) is 11.1. The molecule has 0 amide bonds. The molecule has 0 aliphatic carbocycles. The van der Waals surface area contributed by atoms with E-state index in [2.05, 4.69) is 0 Å². The van der Waals surface area contributed by atoms with Crippen molar-refractivity contribution in [3.63, 3.8) is 0 Å². The number of hydrogen-bond donors (Lipinski definition) is 1. The Bertz CT molecular complexity index is 567. The molecule has 19 heavy (non-hydrogen) atoms. The van der Waals surface area contributed by atoms with Gasteiger partial charge in [0.2, 0.25) is 10.0 Å². The minimum atomic E-state index is -3.69. The number of likely N-dealkylation sites (N-methyl/N-ethyl adjacent to an activating group) is 1. The van der Waals surface area contributed by atoms with Crippen LogP contribution in [0.4, 0.5) is 0 Å². The van der Waals surface area contributed by atoms with Gasteiger partial charge in [0.05, 0.1) is 17.1 Å². The SMILES string of the molecule is COCCN(C)S(=O)(=O)c1ccc(C)c(C(=O)O)c1. The molecule has 1 N–H and O–H groups in total. The Labute approximate surface area is 112 Å². The second-order valence-corrected chi connectivity index (χ2v) is 6.15. The number of rotatable bonds is 6. The third-order valence-corrected chi connectivity index (χ3v) is 4.61. The quantitative estimate of drug-likeness (QED) is 0.842. The van der Waals surface area contributed by atoms with Crippen LogP contribution in [0.5, 0.6) is 0 Å². The van der Waals surface area contributed by atoms with Crippen molar-refractivity contribution in [3.05, 3.63) is 29.3 Å². The lowest BCUT2D eigenvalue weighted by atomic mass is 10.1. The molecule has 6 nitrogen and oxygen atoms in total. The Morgan fingerprint density at radius 2 is 2.05 bits per heavy atom. The van der Waals surface area contributed by atoms with Gasteiger partial charge in [-0.05, 0) is 24.6 Å². The fraction of sp³-hybridized carbons (Fsp3) is 0.417. The summed E-state index contributed by atoms with van der Waals surface area (Å²) in [5.74, 6) is -1.14. The Morgan fingerprint density at radius 3 is 2.58 bits per heavy atom. The maximum atomic E-state index is 12.2. The lowest BCUT2D eigenvalue weighted by Crippen LogP contribution is -2.30. The maximum absolute atomic E-state index is 12.2. The molecule has 106 valence electrons. The van der Waals surface area contributed by atoms with Crippen LogP contribution in [0.25, 0.3) is 0 Å². The van der Waals surface area contributed by atoms with Crippen LogP contribution in [-0.4, -0.2) is 51.1 Å². The molecule has 0 aliphatic rings. The van der Waals surface area contributed by atoms with E-state index in [1.54, 1.807) is 6.92 Å². The van der Waals surface area contributed by atoms with Gasteiger partial charge in [0.1, 0.15) is 0 Å². The maximum Gasteiger partial charge on any atom is 0.335 e. The number of aromatic carboxylic acids is 1. The Balaban J connectivity index is 3.15. The number of sulfonamides is 1. The van der Waals surface area contributed by atoms with Gasteiger partial charge < -0.3 is 9.84 Å². The summed E-state index contributed by atoms with van der Waals surface area (Å²) in [7, 11) is -0.788. The lowest BCUT2D eigenvalue weighted by molar-refractivity contribution is 0.0696. The molecule has 0 heterocycles. The number of methoxy groups -OCH3 is 1. The number of hydrogen-bond acceptors (Lipinski definition) is 4. The molecule has 0 radical (unpaired) electrons. The summed E-state index contributed by atoms with van der Waals surface area (Å²) in [6, 6.07) is 4.07. The van der Waals surface area contributed by atoms with Crippen LogP contribution in [0, 0.1) is 6.92 Å². The normalized spacial score (nSPS) is 11.8. The third-order valence-electron chi connectivity index (χ3n) is 2.76. The summed E-state index contributed by atoms with van der Waals surface area (Å²) in [6.07, 6.45) is 0. The summed E-state index contributed by atoms with van der Waals surface area (Å²) in [4.78, 5) is 11.0. The highest BCUT2D eigenvalue weighted by atomic mass is 32.2. The van der Waals surface area contributed by atoms with Crippen molar-refractivity contribution in [1.82, 2.24) is 4.31 Å². The smallest absolute Gasteiger partial charge is 0.335 e. The average molecular weight is 287 g/mol. The minimum absolute atomic E-state index is 0.0128. The number of aryl methyl sites for hydroxylation is 1. The van der Waals surface area contributed by atoms with E-state index in [0.29, 0.717) is 5.56 Å². The molecule has 0 aromatic heterocycles. The van der Waals surface area contributed by atoms with Crippen LogP contribution in [0.15, 0.2) is 23.1 Å². The molecule has 0 saturated heterocycles. The van der Waals surface area contributed by atoms with E-state index in [0.717, 1.165) is 4.31 Å². The molecule has 0 bridgehead atoms. The number of carboxylic acids is 1. The molecule has 1 aromatic rings. The monoisotopic (exact) mass is 287 g/mol. The van der Waals surface area contributed by atoms with E-state index in [1.807, 2.05) is 0 Å². The molecule has 0 unspecified atom stereocenters. The van der Waals surface area contributed by atoms with Crippen LogP contribution < -0.4 is 0 Å². The Morgan fingerprint density at radius 1 is 1.42 bits per heavy atom. The first kappa shape index (κ1) is 15.6. The van der Waals surface area contributed by atoms with Crippen LogP contribution in [0.2, 0.25) is 0 Å². The second kappa shape index (κ2) is 6.14. The van der Waals surface area contributed by atoms with Crippen molar-refractivity contribution in [2.75, 3.05) is 27.3 Å². The molecule has 0 saturated carbocycles. The Hall–Kier alpha value is -1.44. The molecule has 0 aliphatic heterocycles. The third kappa shape index (κ3) is 3.52. The standard InChI is InChI=1S/C12H17NO5S/c1-9-4-5-10(8-11(9)12(14)15)19(16,17)13(2)6-7-18-3/h4-5,8H,6-7H2,1-3H3,(H,14,15). The summed E-state index contributed by atoms with van der Waals surface area (Å²) in [5, 5.41) is 9.01. The summed E-state index contributed by atoms with van der Waals surface area (Å²) in [5.41, 5.74) is 0.507. The first-order valence-corrected chi connectivity index (χ1v) is 7.04. The lowest BCUT2D eigenvalue weighted by Gasteiger charge is -2.17. The van der Waals surface area contributed by atoms with Crippen molar-refractivity contribution in [2.24, 2.45) is 0 Å². The number of benzene rings is 1. The van der Waals surface area contributed by atoms with Gasteiger partial charge in [-0.15, -0.1) is 0 Å². The van der Waals surface area contributed by atoms with E-state index >= 15 is 0 Å². The molecular weight excluding hydrogens is 270 g/mol. The van der Waals surface area contributed by atoms with Crippen molar-refractivity contribution >= 4 is 16.0 Å². The highest BCUT2D eigenvalue weighted by Crippen LogP contribution is 2.18. The molecule has 1 rings (SSSR count). The Kier molecular flexibility index (Phi) is 5.04. The van der Waals surface area contributed by atoms with Crippen LogP contribution in [-0.2, 0) is 14.8 Å². The van der Waals surface area contributed by atoms with Gasteiger partial charge in [0.25, 0.3) is 0 Å². The van der Waals surface area contributed by atoms with E-state index in [4.69, 9.17) is 9.84 Å². The summed E-state index contributed by atoms with van der Waals surface area (Å²) >= 11 is 0. The molecule has 0 atom stereocenters. The van der Waals surface area contributed by atoms with E-state index in [-0.39, 0.29) is 23.6 Å². The average Bonchev–Trinajstić information content (AvgIpc) is 2.35. The van der Waals surface area contributed by atoms with Crippen LogP contribution in [0.3, 0.4) is 0 Å². The van der Waals surface area contributed by atoms with Crippen molar-refractivity contribution in [2.45, 2.75) is 11.8 Å². The second-order valence-electron chi connectivity index (χ2n) is 4.10. The van der Waals surface area contributed by atoms with Crippen molar-refractivity contribution < 1.29 is 23.1 Å². The minimum Gasteiger partial charge on any atom is -0.478 e. The van der Waals surface area contributed by atoms with Crippen molar-refractivity contribution in [3.8, 4) is 0 Å². The van der Waals surface area contributed by atoms with E-state index in [1.165, 1.54) is 32.4 Å². The van der Waals surface area contributed by atoms with Gasteiger partial charge in [-0.1, -0.05) is 6.07 Å².